The Hall–Kier alpha value is -3.39. The molecular weight excluding hydrogens is 406 g/mol. The van der Waals surface area contributed by atoms with E-state index >= 15 is 0 Å². The van der Waals surface area contributed by atoms with E-state index in [1.54, 1.807) is 11.3 Å². The van der Waals surface area contributed by atoms with Gasteiger partial charge in [-0.15, -0.1) is 0 Å². The molecule has 1 N–H and O–H groups in total. The highest BCUT2D eigenvalue weighted by molar-refractivity contribution is 7.07. The molecule has 0 bridgehead atoms. The molecule has 8 heteroatoms. The molecule has 30 heavy (non-hydrogen) atoms. The summed E-state index contributed by atoms with van der Waals surface area (Å²) in [6.45, 7) is 2.22. The number of carboxylic acid groups (broad SMARTS) is 1. The highest BCUT2D eigenvalue weighted by Gasteiger charge is 2.23. The zero-order chi connectivity index (χ0) is 21.5. The largest absolute Gasteiger partial charge is 0.489 e. The smallest absolute Gasteiger partial charge is 0.311 e. The second kappa shape index (κ2) is 9.89. The average molecular weight is 427 g/mol. The van der Waals surface area contributed by atoms with Crippen molar-refractivity contribution in [2.75, 3.05) is 0 Å². The van der Waals surface area contributed by atoms with Gasteiger partial charge < -0.3 is 14.6 Å². The molecule has 1 aromatic heterocycles. The van der Waals surface area contributed by atoms with E-state index in [0.29, 0.717) is 12.4 Å². The minimum atomic E-state index is -0.959. The standard InChI is InChI=1S/C22H21NO6S/c1-15-4-2-3-5-18(15)20(8-9-22(24)25)29-21-12-17(6-7-19(21)23(26)27)28-13-16-10-11-30-14-16/h2-7,10-12,14,20H,8-9,13H2,1H3,(H,24,25). The Morgan fingerprint density at radius 1 is 1.23 bits per heavy atom. The predicted octanol–water partition coefficient (Wildman–Crippen LogP) is 5.53. The zero-order valence-corrected chi connectivity index (χ0v) is 17.1. The van der Waals surface area contributed by atoms with E-state index in [4.69, 9.17) is 14.6 Å². The first-order valence-electron chi connectivity index (χ1n) is 9.30. The quantitative estimate of drug-likeness (QED) is 0.337. The topological polar surface area (TPSA) is 98.9 Å². The summed E-state index contributed by atoms with van der Waals surface area (Å²) in [6, 6.07) is 13.7. The van der Waals surface area contributed by atoms with E-state index in [9.17, 15) is 14.9 Å². The Labute approximate surface area is 177 Å². The number of hydrogen-bond donors (Lipinski definition) is 1. The number of nitro benzene ring substituents is 1. The maximum atomic E-state index is 11.5. The van der Waals surface area contributed by atoms with Crippen LogP contribution < -0.4 is 9.47 Å². The van der Waals surface area contributed by atoms with Crippen molar-refractivity contribution in [2.45, 2.75) is 32.5 Å². The number of nitrogens with zero attached hydrogens (tertiary/aromatic N) is 1. The number of ether oxygens (including phenoxy) is 2. The number of aliphatic carboxylic acids is 1. The molecule has 3 rings (SSSR count). The van der Waals surface area contributed by atoms with Crippen molar-refractivity contribution in [3.63, 3.8) is 0 Å². The summed E-state index contributed by atoms with van der Waals surface area (Å²) >= 11 is 1.56. The van der Waals surface area contributed by atoms with Crippen LogP contribution in [-0.2, 0) is 11.4 Å². The molecule has 0 spiro atoms. The Morgan fingerprint density at radius 3 is 2.70 bits per heavy atom. The molecule has 1 heterocycles. The van der Waals surface area contributed by atoms with Crippen molar-refractivity contribution in [1.82, 2.24) is 0 Å². The van der Waals surface area contributed by atoms with Crippen LogP contribution in [0, 0.1) is 17.0 Å². The summed E-state index contributed by atoms with van der Waals surface area (Å²) < 4.78 is 11.8. The van der Waals surface area contributed by atoms with Crippen LogP contribution in [0.5, 0.6) is 11.5 Å². The molecule has 3 aromatic rings. The molecule has 0 fully saturated rings. The maximum absolute atomic E-state index is 11.5. The molecule has 0 saturated carbocycles. The summed E-state index contributed by atoms with van der Waals surface area (Å²) in [7, 11) is 0. The van der Waals surface area contributed by atoms with Crippen molar-refractivity contribution in [3.8, 4) is 11.5 Å². The van der Waals surface area contributed by atoms with Crippen molar-refractivity contribution in [3.05, 3.63) is 86.1 Å². The fourth-order valence-electron chi connectivity index (χ4n) is 3.00. The molecule has 0 radical (unpaired) electrons. The van der Waals surface area contributed by atoms with E-state index in [1.165, 1.54) is 18.2 Å². The van der Waals surface area contributed by atoms with E-state index < -0.39 is 17.0 Å². The molecule has 1 unspecified atom stereocenters. The average Bonchev–Trinajstić information content (AvgIpc) is 3.23. The third-order valence-electron chi connectivity index (χ3n) is 4.54. The van der Waals surface area contributed by atoms with Crippen LogP contribution >= 0.6 is 11.3 Å². The van der Waals surface area contributed by atoms with Crippen molar-refractivity contribution in [1.29, 1.82) is 0 Å². The fraction of sp³-hybridized carbons (Fsp3) is 0.227. The van der Waals surface area contributed by atoms with Crippen LogP contribution in [0.15, 0.2) is 59.3 Å². The van der Waals surface area contributed by atoms with Gasteiger partial charge in [0.25, 0.3) is 0 Å². The minimum Gasteiger partial charge on any atom is -0.489 e. The molecular formula is C22H21NO6S. The summed E-state index contributed by atoms with van der Waals surface area (Å²) in [4.78, 5) is 22.1. The van der Waals surface area contributed by atoms with Crippen LogP contribution in [0.3, 0.4) is 0 Å². The van der Waals surface area contributed by atoms with Crippen LogP contribution in [0.2, 0.25) is 0 Å². The Balaban J connectivity index is 1.88. The fourth-order valence-corrected chi connectivity index (χ4v) is 3.66. The molecule has 0 aliphatic carbocycles. The molecule has 0 amide bonds. The Bertz CT molecular complexity index is 1020. The van der Waals surface area contributed by atoms with Gasteiger partial charge in [0.05, 0.1) is 4.92 Å². The number of benzene rings is 2. The number of hydrogen-bond acceptors (Lipinski definition) is 6. The predicted molar refractivity (Wildman–Crippen MR) is 113 cm³/mol. The third-order valence-corrected chi connectivity index (χ3v) is 5.27. The summed E-state index contributed by atoms with van der Waals surface area (Å²) in [5.74, 6) is -0.482. The monoisotopic (exact) mass is 427 g/mol. The van der Waals surface area contributed by atoms with Gasteiger partial charge in [-0.1, -0.05) is 24.3 Å². The van der Waals surface area contributed by atoms with Crippen LogP contribution in [0.4, 0.5) is 5.69 Å². The second-order valence-electron chi connectivity index (χ2n) is 6.70. The van der Waals surface area contributed by atoms with E-state index in [0.717, 1.165) is 16.7 Å². The molecule has 0 aliphatic rings. The first kappa shape index (κ1) is 21.3. The van der Waals surface area contributed by atoms with Gasteiger partial charge >= 0.3 is 11.7 Å². The van der Waals surface area contributed by atoms with Crippen LogP contribution in [0.25, 0.3) is 0 Å². The number of aryl methyl sites for hydroxylation is 1. The Morgan fingerprint density at radius 2 is 2.03 bits per heavy atom. The number of rotatable bonds is 10. The summed E-state index contributed by atoms with van der Waals surface area (Å²) in [6.07, 6.45) is -0.591. The third kappa shape index (κ3) is 5.57. The van der Waals surface area contributed by atoms with Crippen LogP contribution in [-0.4, -0.2) is 16.0 Å². The van der Waals surface area contributed by atoms with Gasteiger partial charge in [-0.05, 0) is 52.9 Å². The molecule has 1 atom stereocenters. The van der Waals surface area contributed by atoms with Crippen molar-refractivity contribution >= 4 is 23.0 Å². The summed E-state index contributed by atoms with van der Waals surface area (Å²) in [5.41, 5.74) is 2.50. The van der Waals surface area contributed by atoms with Gasteiger partial charge in [0.2, 0.25) is 5.75 Å². The van der Waals surface area contributed by atoms with E-state index in [1.807, 2.05) is 48.0 Å². The normalized spacial score (nSPS) is 11.6. The van der Waals surface area contributed by atoms with Crippen molar-refractivity contribution in [2.24, 2.45) is 0 Å². The van der Waals surface area contributed by atoms with Gasteiger partial charge in [0.15, 0.2) is 0 Å². The number of carbonyl (C=O) groups is 1. The lowest BCUT2D eigenvalue weighted by Crippen LogP contribution is -2.12. The molecule has 7 nitrogen and oxygen atoms in total. The number of carboxylic acids is 1. The molecule has 2 aromatic carbocycles. The van der Waals surface area contributed by atoms with Gasteiger partial charge in [0.1, 0.15) is 18.5 Å². The zero-order valence-electron chi connectivity index (χ0n) is 16.3. The highest BCUT2D eigenvalue weighted by Crippen LogP contribution is 2.36. The van der Waals surface area contributed by atoms with E-state index in [-0.39, 0.29) is 24.3 Å². The lowest BCUT2D eigenvalue weighted by atomic mass is 9.99. The first-order valence-corrected chi connectivity index (χ1v) is 10.2. The van der Waals surface area contributed by atoms with Gasteiger partial charge in [-0.3, -0.25) is 14.9 Å². The summed E-state index contributed by atoms with van der Waals surface area (Å²) in [5, 5.41) is 24.5. The van der Waals surface area contributed by atoms with E-state index in [2.05, 4.69) is 0 Å². The maximum Gasteiger partial charge on any atom is 0.311 e. The Kier molecular flexibility index (Phi) is 7.03. The van der Waals surface area contributed by atoms with Crippen molar-refractivity contribution < 1.29 is 24.3 Å². The molecule has 0 aliphatic heterocycles. The lowest BCUT2D eigenvalue weighted by Gasteiger charge is -2.21. The first-order chi connectivity index (χ1) is 14.4. The SMILES string of the molecule is Cc1ccccc1C(CCC(=O)O)Oc1cc(OCc2ccsc2)ccc1[N+](=O)[O-]. The molecule has 0 saturated heterocycles. The minimum absolute atomic E-state index is 0.0430. The van der Waals surface area contributed by atoms with Gasteiger partial charge in [-0.2, -0.15) is 11.3 Å². The number of nitro groups is 1. The second-order valence-corrected chi connectivity index (χ2v) is 7.48. The molecule has 156 valence electrons. The lowest BCUT2D eigenvalue weighted by molar-refractivity contribution is -0.386. The number of thiophene rings is 1. The van der Waals surface area contributed by atoms with Gasteiger partial charge in [0, 0.05) is 18.6 Å². The van der Waals surface area contributed by atoms with Gasteiger partial charge in [-0.25, -0.2) is 0 Å². The highest BCUT2D eigenvalue weighted by atomic mass is 32.1. The van der Waals surface area contributed by atoms with Crippen LogP contribution in [0.1, 0.15) is 35.6 Å².